The molecule has 0 aliphatic carbocycles. The van der Waals surface area contributed by atoms with Gasteiger partial charge in [-0.2, -0.15) is 4.98 Å². The highest BCUT2D eigenvalue weighted by Gasteiger charge is 2.13. The summed E-state index contributed by atoms with van der Waals surface area (Å²) in [5, 5.41) is 6.57. The van der Waals surface area contributed by atoms with Crippen LogP contribution in [0.3, 0.4) is 0 Å². The van der Waals surface area contributed by atoms with Crippen molar-refractivity contribution in [2.45, 2.75) is 20.0 Å². The largest absolute Gasteiger partial charge is 0.454 e. The van der Waals surface area contributed by atoms with Crippen molar-refractivity contribution < 1.29 is 9.47 Å². The zero-order chi connectivity index (χ0) is 17.8. The summed E-state index contributed by atoms with van der Waals surface area (Å²) in [7, 11) is 0. The quantitative estimate of drug-likeness (QED) is 0.707. The van der Waals surface area contributed by atoms with E-state index in [1.54, 1.807) is 6.20 Å². The van der Waals surface area contributed by atoms with Crippen molar-refractivity contribution in [3.8, 4) is 11.5 Å². The van der Waals surface area contributed by atoms with Gasteiger partial charge in [0.25, 0.3) is 0 Å². The van der Waals surface area contributed by atoms with Crippen LogP contribution in [0.25, 0.3) is 0 Å². The number of hydrogen-bond acceptors (Lipinski definition) is 7. The number of aryl methyl sites for hydroxylation is 1. The van der Waals surface area contributed by atoms with Gasteiger partial charge in [-0.3, -0.25) is 4.98 Å². The van der Waals surface area contributed by atoms with Crippen molar-refractivity contribution in [2.75, 3.05) is 17.4 Å². The minimum absolute atomic E-state index is 0.277. The molecule has 0 atom stereocenters. The molecule has 2 N–H and O–H groups in total. The molecule has 7 heteroatoms. The Labute approximate surface area is 151 Å². The molecule has 3 heterocycles. The van der Waals surface area contributed by atoms with Gasteiger partial charge in [-0.1, -0.05) is 12.1 Å². The first-order valence-electron chi connectivity index (χ1n) is 8.37. The molecule has 2 aromatic heterocycles. The van der Waals surface area contributed by atoms with Crippen molar-refractivity contribution >= 4 is 11.8 Å². The number of nitrogens with one attached hydrogen (secondary N) is 2. The zero-order valence-corrected chi connectivity index (χ0v) is 14.4. The van der Waals surface area contributed by atoms with Gasteiger partial charge in [0.05, 0.1) is 0 Å². The number of fused-ring (bicyclic) bond motifs is 1. The van der Waals surface area contributed by atoms with Gasteiger partial charge >= 0.3 is 0 Å². The van der Waals surface area contributed by atoms with Crippen LogP contribution in [-0.4, -0.2) is 21.7 Å². The third kappa shape index (κ3) is 3.83. The summed E-state index contributed by atoms with van der Waals surface area (Å²) in [5.74, 6) is 2.90. The van der Waals surface area contributed by atoms with Crippen LogP contribution in [0.2, 0.25) is 0 Å². The number of pyridine rings is 1. The van der Waals surface area contributed by atoms with E-state index in [1.807, 2.05) is 49.5 Å². The van der Waals surface area contributed by atoms with E-state index < -0.39 is 0 Å². The number of ether oxygens (including phenoxy) is 2. The van der Waals surface area contributed by atoms with Crippen LogP contribution in [0.15, 0.2) is 48.8 Å². The van der Waals surface area contributed by atoms with E-state index in [4.69, 9.17) is 9.47 Å². The van der Waals surface area contributed by atoms with Gasteiger partial charge in [-0.05, 0) is 36.2 Å². The number of benzene rings is 1. The van der Waals surface area contributed by atoms with Crippen LogP contribution in [-0.2, 0) is 13.1 Å². The highest BCUT2D eigenvalue weighted by molar-refractivity contribution is 5.46. The maximum Gasteiger partial charge on any atom is 0.231 e. The van der Waals surface area contributed by atoms with E-state index in [0.29, 0.717) is 19.0 Å². The minimum atomic E-state index is 0.277. The third-order valence-corrected chi connectivity index (χ3v) is 3.94. The monoisotopic (exact) mass is 349 g/mol. The van der Waals surface area contributed by atoms with E-state index in [0.717, 1.165) is 34.1 Å². The maximum absolute atomic E-state index is 5.41. The normalized spacial score (nSPS) is 12.0. The van der Waals surface area contributed by atoms with Crippen LogP contribution in [0.4, 0.5) is 11.8 Å². The third-order valence-electron chi connectivity index (χ3n) is 3.94. The Morgan fingerprint density at radius 1 is 0.962 bits per heavy atom. The molecule has 0 spiro atoms. The Morgan fingerprint density at radius 2 is 1.85 bits per heavy atom. The van der Waals surface area contributed by atoms with E-state index in [9.17, 15) is 0 Å². The number of nitrogens with zero attached hydrogens (tertiary/aromatic N) is 3. The number of hydrogen-bond donors (Lipinski definition) is 2. The molecule has 7 nitrogen and oxygen atoms in total. The van der Waals surface area contributed by atoms with Crippen molar-refractivity contribution in [3.05, 3.63) is 65.6 Å². The molecule has 0 radical (unpaired) electrons. The summed E-state index contributed by atoms with van der Waals surface area (Å²) in [6.07, 6.45) is 3.59. The summed E-state index contributed by atoms with van der Waals surface area (Å²) >= 11 is 0. The fourth-order valence-corrected chi connectivity index (χ4v) is 2.67. The Hall–Kier alpha value is -3.35. The Morgan fingerprint density at radius 3 is 2.73 bits per heavy atom. The fourth-order valence-electron chi connectivity index (χ4n) is 2.67. The summed E-state index contributed by atoms with van der Waals surface area (Å²) in [6.45, 7) is 3.48. The van der Waals surface area contributed by atoms with Crippen molar-refractivity contribution in [2.24, 2.45) is 0 Å². The zero-order valence-electron chi connectivity index (χ0n) is 14.4. The average Bonchev–Trinajstić information content (AvgIpc) is 3.13. The molecule has 0 unspecified atom stereocenters. The van der Waals surface area contributed by atoms with E-state index in [-0.39, 0.29) is 6.79 Å². The number of anilines is 2. The van der Waals surface area contributed by atoms with Crippen LogP contribution in [0, 0.1) is 6.92 Å². The van der Waals surface area contributed by atoms with Crippen LogP contribution < -0.4 is 20.1 Å². The lowest BCUT2D eigenvalue weighted by Crippen LogP contribution is -2.08. The fraction of sp³-hybridized carbons (Fsp3) is 0.211. The summed E-state index contributed by atoms with van der Waals surface area (Å²) < 4.78 is 10.7. The molecule has 1 aliphatic heterocycles. The smallest absolute Gasteiger partial charge is 0.231 e. The van der Waals surface area contributed by atoms with Crippen LogP contribution in [0.1, 0.15) is 16.8 Å². The van der Waals surface area contributed by atoms with Crippen molar-refractivity contribution in [3.63, 3.8) is 0 Å². The molecule has 3 aromatic rings. The van der Waals surface area contributed by atoms with E-state index in [2.05, 4.69) is 25.6 Å². The van der Waals surface area contributed by atoms with Crippen LogP contribution >= 0.6 is 0 Å². The molecule has 0 saturated carbocycles. The molecular weight excluding hydrogens is 330 g/mol. The Kier molecular flexibility index (Phi) is 4.51. The molecule has 4 rings (SSSR count). The predicted molar refractivity (Wildman–Crippen MR) is 98.2 cm³/mol. The Bertz CT molecular complexity index is 902. The predicted octanol–water partition coefficient (Wildman–Crippen LogP) is 3.13. The van der Waals surface area contributed by atoms with E-state index >= 15 is 0 Å². The van der Waals surface area contributed by atoms with Gasteiger partial charge in [0.1, 0.15) is 5.82 Å². The summed E-state index contributed by atoms with van der Waals surface area (Å²) in [6, 6.07) is 11.7. The highest BCUT2D eigenvalue weighted by atomic mass is 16.7. The van der Waals surface area contributed by atoms with Crippen molar-refractivity contribution in [1.29, 1.82) is 0 Å². The molecule has 0 bridgehead atoms. The molecule has 1 aliphatic rings. The standard InChI is InChI=1S/C19H19N5O2/c1-13-7-18(21-11-15-3-2-6-20-9-15)24-19(23-13)22-10-14-4-5-16-17(8-14)26-12-25-16/h2-9H,10-12H2,1H3,(H2,21,22,23,24). The van der Waals surface area contributed by atoms with Gasteiger partial charge in [0.2, 0.25) is 12.7 Å². The molecule has 0 fully saturated rings. The molecule has 132 valence electrons. The average molecular weight is 349 g/mol. The molecule has 26 heavy (non-hydrogen) atoms. The second kappa shape index (κ2) is 7.26. The number of aromatic nitrogens is 3. The minimum Gasteiger partial charge on any atom is -0.454 e. The first-order valence-corrected chi connectivity index (χ1v) is 8.37. The molecule has 0 saturated heterocycles. The first kappa shape index (κ1) is 16.1. The summed E-state index contributed by atoms with van der Waals surface area (Å²) in [4.78, 5) is 13.1. The van der Waals surface area contributed by atoms with Gasteiger partial charge in [-0.15, -0.1) is 0 Å². The van der Waals surface area contributed by atoms with Gasteiger partial charge in [-0.25, -0.2) is 4.98 Å². The topological polar surface area (TPSA) is 81.2 Å². The lowest BCUT2D eigenvalue weighted by atomic mass is 10.2. The Balaban J connectivity index is 1.41. The van der Waals surface area contributed by atoms with Gasteiger partial charge in [0, 0.05) is 37.2 Å². The van der Waals surface area contributed by atoms with Gasteiger partial charge < -0.3 is 20.1 Å². The second-order valence-corrected chi connectivity index (χ2v) is 5.97. The lowest BCUT2D eigenvalue weighted by Gasteiger charge is -2.10. The molecule has 0 amide bonds. The molecular formula is C19H19N5O2. The maximum atomic E-state index is 5.41. The van der Waals surface area contributed by atoms with Gasteiger partial charge in [0.15, 0.2) is 11.5 Å². The summed E-state index contributed by atoms with van der Waals surface area (Å²) in [5.41, 5.74) is 3.06. The van der Waals surface area contributed by atoms with Crippen LogP contribution in [0.5, 0.6) is 11.5 Å². The lowest BCUT2D eigenvalue weighted by molar-refractivity contribution is 0.174. The highest BCUT2D eigenvalue weighted by Crippen LogP contribution is 2.32. The first-order chi connectivity index (χ1) is 12.8. The SMILES string of the molecule is Cc1cc(NCc2cccnc2)nc(NCc2ccc3c(c2)OCO3)n1. The molecule has 1 aromatic carbocycles. The van der Waals surface area contributed by atoms with Crippen molar-refractivity contribution in [1.82, 2.24) is 15.0 Å². The van der Waals surface area contributed by atoms with E-state index in [1.165, 1.54) is 0 Å². The second-order valence-electron chi connectivity index (χ2n) is 5.97. The number of rotatable bonds is 6.